The molecule has 1 amide bonds. The Hall–Kier alpha value is -3.09. The van der Waals surface area contributed by atoms with Crippen LogP contribution in [0.3, 0.4) is 0 Å². The number of non-ortho nitro benzene ring substituents is 1. The first-order valence-corrected chi connectivity index (χ1v) is 6.81. The lowest BCUT2D eigenvalue weighted by atomic mass is 10.2. The molecule has 0 saturated heterocycles. The van der Waals surface area contributed by atoms with Crippen LogP contribution in [0.4, 0.5) is 5.69 Å². The number of hydrogen-bond acceptors (Lipinski definition) is 5. The number of nitrogens with zero attached hydrogens (tertiary/aromatic N) is 2. The van der Waals surface area contributed by atoms with Crippen LogP contribution in [0.1, 0.15) is 0 Å². The van der Waals surface area contributed by atoms with Crippen molar-refractivity contribution in [1.29, 1.82) is 0 Å². The third-order valence-corrected chi connectivity index (χ3v) is 2.96. The van der Waals surface area contributed by atoms with Crippen LogP contribution in [0, 0.1) is 10.1 Å². The Balaban J connectivity index is 2.25. The van der Waals surface area contributed by atoms with Gasteiger partial charge in [0.2, 0.25) is 0 Å². The molecule has 0 fully saturated rings. The molecule has 0 radical (unpaired) electrons. The van der Waals surface area contributed by atoms with Gasteiger partial charge in [-0.2, -0.15) is 0 Å². The van der Waals surface area contributed by atoms with E-state index in [2.05, 4.69) is 0 Å². The van der Waals surface area contributed by atoms with Gasteiger partial charge in [0, 0.05) is 20.2 Å². The summed E-state index contributed by atoms with van der Waals surface area (Å²) in [7, 11) is 3.20. The van der Waals surface area contributed by atoms with Crippen LogP contribution in [-0.4, -0.2) is 36.4 Å². The molecule has 0 atom stereocenters. The zero-order valence-corrected chi connectivity index (χ0v) is 12.8. The first-order valence-electron chi connectivity index (χ1n) is 6.81. The minimum atomic E-state index is -0.535. The fourth-order valence-electron chi connectivity index (χ4n) is 1.69. The van der Waals surface area contributed by atoms with E-state index in [9.17, 15) is 14.9 Å². The van der Waals surface area contributed by atoms with E-state index in [0.717, 1.165) is 0 Å². The topological polar surface area (TPSA) is 81.9 Å². The number of carbonyl (C=O) groups excluding carboxylic acids is 1. The molecule has 0 aromatic heterocycles. The molecule has 2 aromatic carbocycles. The number of benzene rings is 2. The summed E-state index contributed by atoms with van der Waals surface area (Å²) in [6.45, 7) is -0.237. The largest absolute Gasteiger partial charge is 0.480 e. The maximum Gasteiger partial charge on any atom is 0.273 e. The van der Waals surface area contributed by atoms with Crippen molar-refractivity contribution in [3.63, 3.8) is 0 Å². The lowest BCUT2D eigenvalue weighted by molar-refractivity contribution is -0.385. The summed E-state index contributed by atoms with van der Waals surface area (Å²) in [4.78, 5) is 23.4. The lowest BCUT2D eigenvalue weighted by Crippen LogP contribution is -2.27. The van der Waals surface area contributed by atoms with E-state index >= 15 is 0 Å². The maximum absolute atomic E-state index is 11.6. The van der Waals surface area contributed by atoms with Gasteiger partial charge < -0.3 is 14.4 Å². The van der Waals surface area contributed by atoms with Crippen LogP contribution in [0.2, 0.25) is 0 Å². The number of likely N-dealkylation sites (N-methyl/N-ethyl adjacent to an activating group) is 1. The van der Waals surface area contributed by atoms with E-state index < -0.39 is 4.92 Å². The number of ether oxygens (including phenoxy) is 2. The van der Waals surface area contributed by atoms with Crippen LogP contribution < -0.4 is 9.47 Å². The zero-order chi connectivity index (χ0) is 16.8. The van der Waals surface area contributed by atoms with Crippen molar-refractivity contribution >= 4 is 11.6 Å². The quantitative estimate of drug-likeness (QED) is 0.604. The summed E-state index contributed by atoms with van der Waals surface area (Å²) in [6.07, 6.45) is 0. The summed E-state index contributed by atoms with van der Waals surface area (Å²) < 4.78 is 11.1. The second-order valence-electron chi connectivity index (χ2n) is 4.88. The Morgan fingerprint density at radius 3 is 2.43 bits per heavy atom. The first kappa shape index (κ1) is 16.3. The highest BCUT2D eigenvalue weighted by atomic mass is 16.6. The second kappa shape index (κ2) is 7.26. The van der Waals surface area contributed by atoms with Crippen LogP contribution >= 0.6 is 0 Å². The van der Waals surface area contributed by atoms with Crippen LogP contribution in [-0.2, 0) is 4.79 Å². The molecular formula is C16H16N2O5. The third-order valence-electron chi connectivity index (χ3n) is 2.96. The van der Waals surface area contributed by atoms with Gasteiger partial charge in [-0.1, -0.05) is 18.2 Å². The number of nitro groups is 1. The number of nitro benzene ring substituents is 1. The summed E-state index contributed by atoms with van der Waals surface area (Å²) in [6, 6.07) is 12.9. The van der Waals surface area contributed by atoms with Crippen molar-refractivity contribution in [2.45, 2.75) is 0 Å². The highest BCUT2D eigenvalue weighted by Crippen LogP contribution is 2.34. The maximum atomic E-state index is 11.6. The normalized spacial score (nSPS) is 10.0. The van der Waals surface area contributed by atoms with E-state index in [1.54, 1.807) is 38.4 Å². The summed E-state index contributed by atoms with van der Waals surface area (Å²) in [5.41, 5.74) is -0.141. The molecular weight excluding hydrogens is 300 g/mol. The predicted molar refractivity (Wildman–Crippen MR) is 83.8 cm³/mol. The van der Waals surface area contributed by atoms with Crippen LogP contribution in [0.5, 0.6) is 17.2 Å². The van der Waals surface area contributed by atoms with Crippen LogP contribution in [0.25, 0.3) is 0 Å². The Morgan fingerprint density at radius 2 is 1.83 bits per heavy atom. The Kier molecular flexibility index (Phi) is 5.14. The molecule has 0 spiro atoms. The molecule has 2 rings (SSSR count). The van der Waals surface area contributed by atoms with Crippen molar-refractivity contribution in [3.05, 3.63) is 58.6 Å². The van der Waals surface area contributed by atoms with Crippen molar-refractivity contribution < 1.29 is 19.2 Å². The SMILES string of the molecule is CN(C)C(=O)COc1cc([N+](=O)[O-])ccc1Oc1ccccc1. The third kappa shape index (κ3) is 4.44. The smallest absolute Gasteiger partial charge is 0.273 e. The molecule has 120 valence electrons. The molecule has 7 heteroatoms. The van der Waals surface area contributed by atoms with Gasteiger partial charge in [0.05, 0.1) is 11.0 Å². The molecule has 0 heterocycles. The Labute approximate surface area is 133 Å². The number of rotatable bonds is 6. The van der Waals surface area contributed by atoms with Gasteiger partial charge in [0.25, 0.3) is 11.6 Å². The van der Waals surface area contributed by atoms with Gasteiger partial charge in [-0.05, 0) is 18.2 Å². The molecule has 0 aliphatic rings. The molecule has 7 nitrogen and oxygen atoms in total. The van der Waals surface area contributed by atoms with Crippen molar-refractivity contribution in [3.8, 4) is 17.2 Å². The van der Waals surface area contributed by atoms with Gasteiger partial charge in [-0.15, -0.1) is 0 Å². The van der Waals surface area contributed by atoms with Crippen molar-refractivity contribution in [2.24, 2.45) is 0 Å². The summed E-state index contributed by atoms with van der Waals surface area (Å²) in [5.74, 6) is 0.735. The molecule has 0 aliphatic carbocycles. The number of hydrogen-bond donors (Lipinski definition) is 0. The highest BCUT2D eigenvalue weighted by Gasteiger charge is 2.15. The summed E-state index contributed by atoms with van der Waals surface area (Å²) in [5, 5.41) is 10.9. The minimum absolute atomic E-state index is 0.137. The average molecular weight is 316 g/mol. The highest BCUT2D eigenvalue weighted by molar-refractivity contribution is 5.77. The summed E-state index contributed by atoms with van der Waals surface area (Å²) >= 11 is 0. The molecule has 23 heavy (non-hydrogen) atoms. The average Bonchev–Trinajstić information content (AvgIpc) is 2.54. The van der Waals surface area contributed by atoms with Crippen LogP contribution in [0.15, 0.2) is 48.5 Å². The molecule has 0 N–H and O–H groups in total. The molecule has 0 aliphatic heterocycles. The number of para-hydroxylation sites is 1. The van der Waals surface area contributed by atoms with Gasteiger partial charge in [-0.25, -0.2) is 0 Å². The van der Waals surface area contributed by atoms with Gasteiger partial charge >= 0.3 is 0 Å². The van der Waals surface area contributed by atoms with Gasteiger partial charge in [-0.3, -0.25) is 14.9 Å². The Bertz CT molecular complexity index is 701. The van der Waals surface area contributed by atoms with E-state index in [-0.39, 0.29) is 24.0 Å². The predicted octanol–water partition coefficient (Wildman–Crippen LogP) is 2.85. The fourth-order valence-corrected chi connectivity index (χ4v) is 1.69. The Morgan fingerprint density at radius 1 is 1.13 bits per heavy atom. The molecule has 0 saturated carbocycles. The zero-order valence-electron chi connectivity index (χ0n) is 12.8. The van der Waals surface area contributed by atoms with E-state index in [1.807, 2.05) is 6.07 Å². The first-order chi connectivity index (χ1) is 11.0. The van der Waals surface area contributed by atoms with E-state index in [1.165, 1.54) is 23.1 Å². The second-order valence-corrected chi connectivity index (χ2v) is 4.88. The monoisotopic (exact) mass is 316 g/mol. The molecule has 2 aromatic rings. The molecule has 0 bridgehead atoms. The van der Waals surface area contributed by atoms with Crippen molar-refractivity contribution in [2.75, 3.05) is 20.7 Å². The van der Waals surface area contributed by atoms with E-state index in [0.29, 0.717) is 11.5 Å². The van der Waals surface area contributed by atoms with Crippen molar-refractivity contribution in [1.82, 2.24) is 4.90 Å². The standard InChI is InChI=1S/C16H16N2O5/c1-17(2)16(19)11-22-15-10-12(18(20)21)8-9-14(15)23-13-6-4-3-5-7-13/h3-10H,11H2,1-2H3. The lowest BCUT2D eigenvalue weighted by Gasteiger charge is -2.14. The van der Waals surface area contributed by atoms with E-state index in [4.69, 9.17) is 9.47 Å². The van der Waals surface area contributed by atoms with Gasteiger partial charge in [0.15, 0.2) is 18.1 Å². The fraction of sp³-hybridized carbons (Fsp3) is 0.188. The number of carbonyl (C=O) groups is 1. The molecule has 0 unspecified atom stereocenters. The van der Waals surface area contributed by atoms with Gasteiger partial charge in [0.1, 0.15) is 5.75 Å². The number of amides is 1. The minimum Gasteiger partial charge on any atom is -0.480 e.